The molecule has 2 aromatic carbocycles. The van der Waals surface area contributed by atoms with Gasteiger partial charge in [-0.1, -0.05) is 35.1 Å². The number of alkyl halides is 1. The predicted molar refractivity (Wildman–Crippen MR) is 99.3 cm³/mol. The van der Waals surface area contributed by atoms with Gasteiger partial charge in [-0.3, -0.25) is 4.79 Å². The number of ether oxygens (including phenoxy) is 1. The van der Waals surface area contributed by atoms with Crippen molar-refractivity contribution in [3.05, 3.63) is 53.1 Å². The van der Waals surface area contributed by atoms with Crippen molar-refractivity contribution in [3.63, 3.8) is 0 Å². The number of thiazole rings is 1. The summed E-state index contributed by atoms with van der Waals surface area (Å²) >= 11 is 13.0. The molecule has 24 heavy (non-hydrogen) atoms. The summed E-state index contributed by atoms with van der Waals surface area (Å²) in [4.78, 5) is 16.0. The fourth-order valence-electron chi connectivity index (χ4n) is 2.00. The second-order valence-electron chi connectivity index (χ2n) is 5.17. The van der Waals surface area contributed by atoms with Gasteiger partial charge in [-0.05, 0) is 42.8 Å². The number of rotatable bonds is 5. The molecule has 1 N–H and O–H groups in total. The summed E-state index contributed by atoms with van der Waals surface area (Å²) in [7, 11) is 0. The van der Waals surface area contributed by atoms with Gasteiger partial charge in [0.25, 0.3) is 0 Å². The van der Waals surface area contributed by atoms with E-state index >= 15 is 0 Å². The van der Waals surface area contributed by atoms with E-state index in [4.69, 9.17) is 27.9 Å². The molecule has 1 unspecified atom stereocenters. The highest BCUT2D eigenvalue weighted by molar-refractivity contribution is 7.22. The summed E-state index contributed by atoms with van der Waals surface area (Å²) in [5.41, 5.74) is 1.84. The Hall–Kier alpha value is -1.82. The highest BCUT2D eigenvalue weighted by atomic mass is 35.5. The number of hydrogen-bond acceptors (Lipinski definition) is 4. The van der Waals surface area contributed by atoms with Crippen molar-refractivity contribution in [2.45, 2.75) is 18.9 Å². The van der Waals surface area contributed by atoms with Gasteiger partial charge in [0.15, 0.2) is 5.13 Å². The molecule has 0 aliphatic carbocycles. The summed E-state index contributed by atoms with van der Waals surface area (Å²) in [6, 6.07) is 13.1. The van der Waals surface area contributed by atoms with Crippen LogP contribution in [0.4, 0.5) is 5.13 Å². The summed E-state index contributed by atoms with van der Waals surface area (Å²) in [5.74, 6) is 0.472. The minimum Gasteiger partial charge on any atom is -0.489 e. The molecule has 0 fully saturated rings. The molecular formula is C17H14Cl2N2O2S. The standard InChI is InChI=1S/C17H14Cl2N2O2S/c1-10(18)16(22)21-17-20-14-7-6-13(8-15(14)24-17)23-9-11-2-4-12(19)5-3-11/h2-8,10H,9H2,1H3,(H,20,21,22). The summed E-state index contributed by atoms with van der Waals surface area (Å²) < 4.78 is 6.73. The van der Waals surface area contributed by atoms with Crippen molar-refractivity contribution in [2.75, 3.05) is 5.32 Å². The number of benzene rings is 2. The number of halogens is 2. The molecule has 0 spiro atoms. The number of hydrogen-bond donors (Lipinski definition) is 1. The number of carbonyl (C=O) groups excluding carboxylic acids is 1. The lowest BCUT2D eigenvalue weighted by atomic mass is 10.2. The third-order valence-corrected chi connectivity index (χ3v) is 4.65. The van der Waals surface area contributed by atoms with Crippen LogP contribution in [0.5, 0.6) is 5.75 Å². The lowest BCUT2D eigenvalue weighted by molar-refractivity contribution is -0.115. The molecule has 1 atom stereocenters. The third kappa shape index (κ3) is 4.17. The lowest BCUT2D eigenvalue weighted by Crippen LogP contribution is -2.19. The van der Waals surface area contributed by atoms with Gasteiger partial charge < -0.3 is 10.1 Å². The quantitative estimate of drug-likeness (QED) is 0.626. The minimum absolute atomic E-state index is 0.269. The molecule has 3 rings (SSSR count). The fraction of sp³-hybridized carbons (Fsp3) is 0.176. The molecule has 0 radical (unpaired) electrons. The second-order valence-corrected chi connectivity index (χ2v) is 7.29. The van der Waals surface area contributed by atoms with E-state index in [9.17, 15) is 4.79 Å². The maximum atomic E-state index is 11.6. The van der Waals surface area contributed by atoms with Crippen LogP contribution < -0.4 is 10.1 Å². The van der Waals surface area contributed by atoms with Crippen molar-refractivity contribution in [3.8, 4) is 5.75 Å². The molecule has 7 heteroatoms. The first-order valence-corrected chi connectivity index (χ1v) is 8.87. The van der Waals surface area contributed by atoms with Crippen molar-refractivity contribution in [1.82, 2.24) is 4.98 Å². The molecule has 124 valence electrons. The summed E-state index contributed by atoms with van der Waals surface area (Å²) in [6.45, 7) is 2.07. The van der Waals surface area contributed by atoms with Crippen molar-refractivity contribution < 1.29 is 9.53 Å². The minimum atomic E-state index is -0.602. The smallest absolute Gasteiger partial charge is 0.243 e. The Morgan fingerprint density at radius 1 is 1.29 bits per heavy atom. The second kappa shape index (κ2) is 7.38. The molecule has 1 aromatic heterocycles. The third-order valence-electron chi connectivity index (χ3n) is 3.27. The number of fused-ring (bicyclic) bond motifs is 1. The van der Waals surface area contributed by atoms with Gasteiger partial charge in [-0.2, -0.15) is 0 Å². The largest absolute Gasteiger partial charge is 0.489 e. The first kappa shape index (κ1) is 17.0. The average molecular weight is 381 g/mol. The van der Waals surface area contributed by atoms with Crippen molar-refractivity contribution >= 4 is 55.8 Å². The molecule has 1 amide bonds. The van der Waals surface area contributed by atoms with E-state index in [0.29, 0.717) is 16.8 Å². The number of amides is 1. The van der Waals surface area contributed by atoms with Gasteiger partial charge in [0, 0.05) is 5.02 Å². The van der Waals surface area contributed by atoms with Crippen LogP contribution in [-0.4, -0.2) is 16.3 Å². The van der Waals surface area contributed by atoms with E-state index in [1.54, 1.807) is 6.92 Å². The first-order valence-electron chi connectivity index (χ1n) is 7.24. The van der Waals surface area contributed by atoms with Crippen LogP contribution in [0.25, 0.3) is 10.2 Å². The summed E-state index contributed by atoms with van der Waals surface area (Å²) in [6.07, 6.45) is 0. The van der Waals surface area contributed by atoms with Gasteiger partial charge in [-0.25, -0.2) is 4.98 Å². The zero-order valence-electron chi connectivity index (χ0n) is 12.8. The van der Waals surface area contributed by atoms with Crippen LogP contribution in [-0.2, 0) is 11.4 Å². The lowest BCUT2D eigenvalue weighted by Gasteiger charge is -2.06. The zero-order chi connectivity index (χ0) is 17.1. The van der Waals surface area contributed by atoms with Gasteiger partial charge in [0.2, 0.25) is 5.91 Å². The zero-order valence-corrected chi connectivity index (χ0v) is 15.1. The normalized spacial score (nSPS) is 12.1. The molecule has 0 aliphatic heterocycles. The van der Waals surface area contributed by atoms with Crippen LogP contribution >= 0.6 is 34.5 Å². The Morgan fingerprint density at radius 3 is 2.75 bits per heavy atom. The van der Waals surface area contributed by atoms with Crippen LogP contribution in [0.1, 0.15) is 12.5 Å². The van der Waals surface area contributed by atoms with Crippen LogP contribution in [0.2, 0.25) is 5.02 Å². The Balaban J connectivity index is 1.71. The molecule has 0 aliphatic rings. The van der Waals surface area contributed by atoms with Gasteiger partial charge in [0.05, 0.1) is 10.2 Å². The highest BCUT2D eigenvalue weighted by Gasteiger charge is 2.12. The predicted octanol–water partition coefficient (Wildman–Crippen LogP) is 5.09. The number of anilines is 1. The molecular weight excluding hydrogens is 367 g/mol. The van der Waals surface area contributed by atoms with Crippen LogP contribution in [0, 0.1) is 0 Å². The van der Waals surface area contributed by atoms with E-state index < -0.39 is 5.38 Å². The maximum Gasteiger partial charge on any atom is 0.243 e. The number of aromatic nitrogens is 1. The van der Waals surface area contributed by atoms with Crippen LogP contribution in [0.3, 0.4) is 0 Å². The molecule has 0 saturated heterocycles. The van der Waals surface area contributed by atoms with E-state index in [-0.39, 0.29) is 5.91 Å². The average Bonchev–Trinajstić information content (AvgIpc) is 2.95. The fourth-order valence-corrected chi connectivity index (χ4v) is 3.08. The Morgan fingerprint density at radius 2 is 2.04 bits per heavy atom. The first-order chi connectivity index (χ1) is 11.5. The Labute approximate surface area is 153 Å². The molecule has 0 saturated carbocycles. The topological polar surface area (TPSA) is 51.2 Å². The van der Waals surface area contributed by atoms with Gasteiger partial charge in [0.1, 0.15) is 17.7 Å². The van der Waals surface area contributed by atoms with Gasteiger partial charge in [-0.15, -0.1) is 11.6 Å². The molecule has 3 aromatic rings. The maximum absolute atomic E-state index is 11.6. The van der Waals surface area contributed by atoms with Crippen molar-refractivity contribution in [2.24, 2.45) is 0 Å². The molecule has 1 heterocycles. The van der Waals surface area contributed by atoms with Crippen LogP contribution in [0.15, 0.2) is 42.5 Å². The van der Waals surface area contributed by atoms with E-state index in [2.05, 4.69) is 10.3 Å². The monoisotopic (exact) mass is 380 g/mol. The number of nitrogens with one attached hydrogen (secondary N) is 1. The van der Waals surface area contributed by atoms with Crippen molar-refractivity contribution in [1.29, 1.82) is 0 Å². The summed E-state index contributed by atoms with van der Waals surface area (Å²) in [5, 5.41) is 3.32. The number of nitrogens with zero attached hydrogens (tertiary/aromatic N) is 1. The molecule has 0 bridgehead atoms. The Kier molecular flexibility index (Phi) is 5.23. The SMILES string of the molecule is CC(Cl)C(=O)Nc1nc2ccc(OCc3ccc(Cl)cc3)cc2s1. The Bertz CT molecular complexity index is 863. The number of carbonyl (C=O) groups is 1. The van der Waals surface area contributed by atoms with Gasteiger partial charge >= 0.3 is 0 Å². The van der Waals surface area contributed by atoms with E-state index in [0.717, 1.165) is 21.5 Å². The highest BCUT2D eigenvalue weighted by Crippen LogP contribution is 2.29. The van der Waals surface area contributed by atoms with E-state index in [1.807, 2.05) is 42.5 Å². The molecule has 4 nitrogen and oxygen atoms in total. The van der Waals surface area contributed by atoms with E-state index in [1.165, 1.54) is 11.3 Å².